The lowest BCUT2D eigenvalue weighted by molar-refractivity contribution is -0.174. The SMILES string of the molecule is CN1CCN=C(NNC(=O)C(F)(F)F)C1. The van der Waals surface area contributed by atoms with Crippen molar-refractivity contribution >= 4 is 11.7 Å². The van der Waals surface area contributed by atoms with Crippen LogP contribution in [0.2, 0.25) is 0 Å². The number of likely N-dealkylation sites (N-methyl/N-ethyl adjacent to an activating group) is 1. The van der Waals surface area contributed by atoms with Crippen LogP contribution in [0.1, 0.15) is 0 Å². The van der Waals surface area contributed by atoms with E-state index >= 15 is 0 Å². The van der Waals surface area contributed by atoms with Crippen molar-refractivity contribution < 1.29 is 18.0 Å². The smallest absolute Gasteiger partial charge is 0.297 e. The van der Waals surface area contributed by atoms with Crippen LogP contribution in [0.15, 0.2) is 4.99 Å². The molecule has 0 radical (unpaired) electrons. The molecule has 2 N–H and O–H groups in total. The number of amidine groups is 1. The first-order valence-electron chi connectivity index (χ1n) is 4.24. The number of aliphatic imine (C=N–C) groups is 1. The van der Waals surface area contributed by atoms with Crippen LogP contribution in [0.5, 0.6) is 0 Å². The number of amides is 1. The fraction of sp³-hybridized carbons (Fsp3) is 0.714. The van der Waals surface area contributed by atoms with E-state index in [0.717, 1.165) is 6.54 Å². The van der Waals surface area contributed by atoms with Gasteiger partial charge in [0.15, 0.2) is 0 Å². The maximum atomic E-state index is 11.8. The molecule has 0 atom stereocenters. The Hall–Kier alpha value is -1.31. The van der Waals surface area contributed by atoms with Crippen molar-refractivity contribution in [2.75, 3.05) is 26.7 Å². The van der Waals surface area contributed by atoms with E-state index in [9.17, 15) is 18.0 Å². The lowest BCUT2D eigenvalue weighted by Crippen LogP contribution is -2.51. The Labute approximate surface area is 84.3 Å². The molecule has 1 amide bonds. The van der Waals surface area contributed by atoms with Crippen LogP contribution >= 0.6 is 0 Å². The second kappa shape index (κ2) is 4.47. The van der Waals surface area contributed by atoms with Crippen molar-refractivity contribution in [1.82, 2.24) is 15.8 Å². The summed E-state index contributed by atoms with van der Waals surface area (Å²) in [6.45, 7) is 1.64. The van der Waals surface area contributed by atoms with Crippen molar-refractivity contribution in [2.24, 2.45) is 4.99 Å². The van der Waals surface area contributed by atoms with Gasteiger partial charge in [0.1, 0.15) is 5.84 Å². The largest absolute Gasteiger partial charge is 0.472 e. The molecule has 86 valence electrons. The molecule has 1 aliphatic rings. The molecule has 0 aromatic heterocycles. The molecular formula is C7H11F3N4O. The molecule has 8 heteroatoms. The second-order valence-electron chi connectivity index (χ2n) is 3.14. The number of carbonyl (C=O) groups is 1. The highest BCUT2D eigenvalue weighted by molar-refractivity contribution is 5.88. The van der Waals surface area contributed by atoms with E-state index < -0.39 is 12.1 Å². The van der Waals surface area contributed by atoms with Crippen LogP contribution in [0.3, 0.4) is 0 Å². The quantitative estimate of drug-likeness (QED) is 0.546. The first-order valence-corrected chi connectivity index (χ1v) is 4.24. The molecular weight excluding hydrogens is 213 g/mol. The van der Waals surface area contributed by atoms with Crippen molar-refractivity contribution in [2.45, 2.75) is 6.18 Å². The van der Waals surface area contributed by atoms with E-state index in [1.165, 1.54) is 0 Å². The zero-order valence-electron chi connectivity index (χ0n) is 8.06. The van der Waals surface area contributed by atoms with Gasteiger partial charge in [0.2, 0.25) is 0 Å². The van der Waals surface area contributed by atoms with Gasteiger partial charge >= 0.3 is 12.1 Å². The highest BCUT2D eigenvalue weighted by Gasteiger charge is 2.38. The van der Waals surface area contributed by atoms with Gasteiger partial charge in [0, 0.05) is 6.54 Å². The third-order valence-electron chi connectivity index (χ3n) is 1.78. The summed E-state index contributed by atoms with van der Waals surface area (Å²) in [6.07, 6.45) is -4.88. The average Bonchev–Trinajstić information content (AvgIpc) is 2.12. The molecule has 0 aliphatic carbocycles. The van der Waals surface area contributed by atoms with Gasteiger partial charge < -0.3 is 0 Å². The van der Waals surface area contributed by atoms with Crippen LogP contribution < -0.4 is 10.9 Å². The first kappa shape index (κ1) is 11.8. The number of nitrogens with zero attached hydrogens (tertiary/aromatic N) is 2. The monoisotopic (exact) mass is 224 g/mol. The lowest BCUT2D eigenvalue weighted by Gasteiger charge is -2.22. The Balaban J connectivity index is 2.37. The fourth-order valence-corrected chi connectivity index (χ4v) is 1.02. The Kier molecular flexibility index (Phi) is 3.51. The van der Waals surface area contributed by atoms with Crippen LogP contribution in [0, 0.1) is 0 Å². The van der Waals surface area contributed by atoms with Crippen molar-refractivity contribution in [3.63, 3.8) is 0 Å². The molecule has 1 heterocycles. The summed E-state index contributed by atoms with van der Waals surface area (Å²) in [7, 11) is 1.81. The van der Waals surface area contributed by atoms with Crippen molar-refractivity contribution in [1.29, 1.82) is 0 Å². The standard InChI is InChI=1S/C7H11F3N4O/c1-14-3-2-11-5(4-14)12-13-6(15)7(8,9)10/h2-4H2,1H3,(H,11,12)(H,13,15). The minimum absolute atomic E-state index is 0.321. The normalized spacial score (nSPS) is 18.3. The number of rotatable bonds is 0. The third kappa shape index (κ3) is 3.74. The zero-order chi connectivity index (χ0) is 11.5. The maximum absolute atomic E-state index is 11.8. The van der Waals surface area contributed by atoms with Gasteiger partial charge in [-0.2, -0.15) is 13.2 Å². The summed E-state index contributed by atoms with van der Waals surface area (Å²) in [4.78, 5) is 16.2. The Morgan fingerprint density at radius 1 is 1.53 bits per heavy atom. The molecule has 0 fully saturated rings. The van der Waals surface area contributed by atoms with Gasteiger partial charge in [-0.1, -0.05) is 0 Å². The number of hydrazine groups is 1. The van der Waals surface area contributed by atoms with Gasteiger partial charge in [0.05, 0.1) is 13.1 Å². The topological polar surface area (TPSA) is 56.7 Å². The van der Waals surface area contributed by atoms with Gasteiger partial charge in [-0.15, -0.1) is 0 Å². The van der Waals surface area contributed by atoms with Gasteiger partial charge in [0.25, 0.3) is 0 Å². The van der Waals surface area contributed by atoms with Crippen LogP contribution in [0.4, 0.5) is 13.2 Å². The summed E-state index contributed by atoms with van der Waals surface area (Å²) in [5, 5.41) is 0. The van der Waals surface area contributed by atoms with E-state index in [2.05, 4.69) is 10.4 Å². The predicted octanol–water partition coefficient (Wildman–Crippen LogP) is -0.487. The van der Waals surface area contributed by atoms with Crippen molar-refractivity contribution in [3.8, 4) is 0 Å². The minimum Gasteiger partial charge on any atom is -0.297 e. The molecule has 1 aliphatic heterocycles. The molecule has 0 saturated heterocycles. The third-order valence-corrected chi connectivity index (χ3v) is 1.78. The number of hydrogen-bond acceptors (Lipinski definition) is 4. The molecule has 0 aromatic rings. The van der Waals surface area contributed by atoms with Gasteiger partial charge in [-0.3, -0.25) is 25.5 Å². The molecule has 0 aromatic carbocycles. The van der Waals surface area contributed by atoms with E-state index in [4.69, 9.17) is 0 Å². The van der Waals surface area contributed by atoms with Crippen LogP contribution in [0.25, 0.3) is 0 Å². The van der Waals surface area contributed by atoms with E-state index in [1.807, 2.05) is 11.9 Å². The Morgan fingerprint density at radius 3 is 2.73 bits per heavy atom. The molecule has 0 bridgehead atoms. The minimum atomic E-state index is -4.88. The first-order chi connectivity index (χ1) is 6.89. The van der Waals surface area contributed by atoms with Gasteiger partial charge in [-0.25, -0.2) is 0 Å². The highest BCUT2D eigenvalue weighted by atomic mass is 19.4. The maximum Gasteiger partial charge on any atom is 0.472 e. The predicted molar refractivity (Wildman–Crippen MR) is 47.1 cm³/mol. The molecule has 15 heavy (non-hydrogen) atoms. The average molecular weight is 224 g/mol. The molecule has 1 rings (SSSR count). The van der Waals surface area contributed by atoms with E-state index in [0.29, 0.717) is 18.9 Å². The van der Waals surface area contributed by atoms with E-state index in [-0.39, 0.29) is 0 Å². The number of nitrogens with one attached hydrogen (secondary N) is 2. The molecule has 0 saturated carbocycles. The number of alkyl halides is 3. The second-order valence-corrected chi connectivity index (χ2v) is 3.14. The van der Waals surface area contributed by atoms with Crippen LogP contribution in [-0.4, -0.2) is 49.5 Å². The zero-order valence-corrected chi connectivity index (χ0v) is 8.06. The highest BCUT2D eigenvalue weighted by Crippen LogP contribution is 2.13. The summed E-state index contributed by atoms with van der Waals surface area (Å²) < 4.78 is 35.3. The Bertz CT molecular complexity index is 276. The Morgan fingerprint density at radius 2 is 2.20 bits per heavy atom. The number of halogens is 3. The molecule has 0 spiro atoms. The van der Waals surface area contributed by atoms with Crippen LogP contribution in [-0.2, 0) is 4.79 Å². The van der Waals surface area contributed by atoms with Gasteiger partial charge in [-0.05, 0) is 7.05 Å². The summed E-state index contributed by atoms with van der Waals surface area (Å²) >= 11 is 0. The number of carbonyl (C=O) groups excluding carboxylic acids is 1. The van der Waals surface area contributed by atoms with Crippen molar-refractivity contribution in [3.05, 3.63) is 0 Å². The lowest BCUT2D eigenvalue weighted by atomic mass is 10.4. The fourth-order valence-electron chi connectivity index (χ4n) is 1.02. The number of hydrogen-bond donors (Lipinski definition) is 2. The summed E-state index contributed by atoms with van der Waals surface area (Å²) in [6, 6.07) is 0. The molecule has 5 nitrogen and oxygen atoms in total. The van der Waals surface area contributed by atoms with E-state index in [1.54, 1.807) is 5.43 Å². The summed E-state index contributed by atoms with van der Waals surface area (Å²) in [5.74, 6) is -1.71. The molecule has 0 unspecified atom stereocenters. The summed E-state index contributed by atoms with van der Waals surface area (Å²) in [5.41, 5.74) is 3.69.